The van der Waals surface area contributed by atoms with E-state index >= 15 is 0 Å². The second kappa shape index (κ2) is 9.03. The molecule has 144 valence electrons. The number of carbonyl (C=O) groups is 2. The molecule has 0 spiro atoms. The van der Waals surface area contributed by atoms with Gasteiger partial charge in [0, 0.05) is 25.1 Å². The predicted octanol–water partition coefficient (Wildman–Crippen LogP) is 2.73. The van der Waals surface area contributed by atoms with Gasteiger partial charge >= 0.3 is 12.0 Å². The third-order valence-corrected chi connectivity index (χ3v) is 5.43. The van der Waals surface area contributed by atoms with Gasteiger partial charge in [0.2, 0.25) is 0 Å². The first kappa shape index (κ1) is 20.2. The number of hydrogen-bond acceptors (Lipinski definition) is 3. The summed E-state index contributed by atoms with van der Waals surface area (Å²) in [6.07, 6.45) is 2.58. The zero-order chi connectivity index (χ0) is 19.2. The van der Waals surface area contributed by atoms with Crippen molar-refractivity contribution in [2.75, 3.05) is 13.2 Å². The average Bonchev–Trinajstić information content (AvgIpc) is 2.63. The van der Waals surface area contributed by atoms with Crippen LogP contribution in [-0.4, -0.2) is 41.4 Å². The minimum absolute atomic E-state index is 0.0119. The Morgan fingerprint density at radius 2 is 1.77 bits per heavy atom. The van der Waals surface area contributed by atoms with Crippen molar-refractivity contribution < 1.29 is 19.8 Å². The van der Waals surface area contributed by atoms with Gasteiger partial charge in [0.05, 0.1) is 5.92 Å². The molecule has 1 atom stereocenters. The Morgan fingerprint density at radius 3 is 2.31 bits per heavy atom. The summed E-state index contributed by atoms with van der Waals surface area (Å²) in [5.74, 6) is -1.05. The number of rotatable bonds is 7. The van der Waals surface area contributed by atoms with Gasteiger partial charge in [0.15, 0.2) is 0 Å². The molecule has 2 rings (SSSR count). The number of carbonyl (C=O) groups excluding carboxylic acids is 1. The van der Waals surface area contributed by atoms with E-state index in [0.29, 0.717) is 32.2 Å². The summed E-state index contributed by atoms with van der Waals surface area (Å²) in [6.45, 7) is 4.41. The van der Waals surface area contributed by atoms with Gasteiger partial charge < -0.3 is 20.8 Å². The number of carboxylic acid groups (broad SMARTS) is 1. The second-order valence-electron chi connectivity index (χ2n) is 7.85. The molecule has 1 aromatic carbocycles. The largest absolute Gasteiger partial charge is 0.481 e. The number of amides is 2. The monoisotopic (exact) mass is 362 g/mol. The van der Waals surface area contributed by atoms with Gasteiger partial charge in [-0.1, -0.05) is 44.2 Å². The van der Waals surface area contributed by atoms with Crippen LogP contribution in [0, 0.1) is 11.3 Å². The smallest absolute Gasteiger partial charge is 0.315 e. The molecule has 0 saturated heterocycles. The quantitative estimate of drug-likeness (QED) is 0.599. The van der Waals surface area contributed by atoms with Crippen molar-refractivity contribution in [3.63, 3.8) is 0 Å². The van der Waals surface area contributed by atoms with Crippen LogP contribution in [0.1, 0.15) is 51.0 Å². The topological polar surface area (TPSA) is 98.7 Å². The number of aliphatic hydroxyl groups is 1. The normalized spacial score (nSPS) is 21.7. The highest BCUT2D eigenvalue weighted by atomic mass is 16.4. The molecule has 6 nitrogen and oxygen atoms in total. The fraction of sp³-hybridized carbons (Fsp3) is 0.600. The molecule has 0 radical (unpaired) electrons. The molecule has 4 N–H and O–H groups in total. The maximum absolute atomic E-state index is 12.3. The maximum atomic E-state index is 12.3. The fourth-order valence-corrected chi connectivity index (χ4v) is 3.56. The van der Waals surface area contributed by atoms with Gasteiger partial charge in [0.25, 0.3) is 0 Å². The summed E-state index contributed by atoms with van der Waals surface area (Å²) in [6, 6.07) is 9.65. The van der Waals surface area contributed by atoms with E-state index in [1.165, 1.54) is 0 Å². The molecule has 6 heteroatoms. The number of urea groups is 1. The molecule has 0 aliphatic heterocycles. The lowest BCUT2D eigenvalue weighted by Crippen LogP contribution is -2.46. The molecule has 1 saturated carbocycles. The second-order valence-corrected chi connectivity index (χ2v) is 7.85. The first-order valence-electron chi connectivity index (χ1n) is 9.26. The lowest BCUT2D eigenvalue weighted by Gasteiger charge is -2.33. The van der Waals surface area contributed by atoms with Crippen LogP contribution >= 0.6 is 0 Å². The number of hydrogen-bond donors (Lipinski definition) is 4. The summed E-state index contributed by atoms with van der Waals surface area (Å²) >= 11 is 0. The lowest BCUT2D eigenvalue weighted by atomic mass is 9.75. The van der Waals surface area contributed by atoms with E-state index in [1.54, 1.807) is 0 Å². The first-order valence-corrected chi connectivity index (χ1v) is 9.26. The highest BCUT2D eigenvalue weighted by Gasteiger charge is 2.31. The third-order valence-electron chi connectivity index (χ3n) is 5.43. The molecular formula is C20H30N2O4. The molecule has 1 aliphatic rings. The van der Waals surface area contributed by atoms with Crippen LogP contribution in [0.25, 0.3) is 0 Å². The van der Waals surface area contributed by atoms with E-state index in [0.717, 1.165) is 5.56 Å². The van der Waals surface area contributed by atoms with Crippen molar-refractivity contribution in [2.45, 2.75) is 51.5 Å². The van der Waals surface area contributed by atoms with E-state index in [4.69, 9.17) is 5.11 Å². The Hall–Kier alpha value is -2.08. The van der Waals surface area contributed by atoms with Crippen LogP contribution in [-0.2, 0) is 4.79 Å². The SMILES string of the molecule is CC(C)(CO)C(CNC(=O)NC1CCC(C(=O)O)CC1)c1ccccc1. The third kappa shape index (κ3) is 5.46. The molecule has 1 fully saturated rings. The van der Waals surface area contributed by atoms with E-state index in [-0.39, 0.29) is 35.9 Å². The van der Waals surface area contributed by atoms with Gasteiger partial charge in [-0.05, 0) is 36.7 Å². The minimum Gasteiger partial charge on any atom is -0.481 e. The Bertz CT molecular complexity index is 595. The zero-order valence-electron chi connectivity index (χ0n) is 15.6. The van der Waals surface area contributed by atoms with Crippen LogP contribution in [0.3, 0.4) is 0 Å². The summed E-state index contributed by atoms with van der Waals surface area (Å²) in [5.41, 5.74) is 0.711. The van der Waals surface area contributed by atoms with Gasteiger partial charge in [0.1, 0.15) is 0 Å². The highest BCUT2D eigenvalue weighted by Crippen LogP contribution is 2.34. The number of nitrogens with one attached hydrogen (secondary N) is 2. The van der Waals surface area contributed by atoms with E-state index in [9.17, 15) is 14.7 Å². The van der Waals surface area contributed by atoms with Crippen LogP contribution in [0.5, 0.6) is 0 Å². The van der Waals surface area contributed by atoms with Crippen LogP contribution in [0.15, 0.2) is 30.3 Å². The molecular weight excluding hydrogens is 332 g/mol. The Balaban J connectivity index is 1.88. The first-order chi connectivity index (χ1) is 12.3. The standard InChI is InChI=1S/C20H30N2O4/c1-20(2,13-23)17(14-6-4-3-5-7-14)12-21-19(26)22-16-10-8-15(9-11-16)18(24)25/h3-7,15-17,23H,8-13H2,1-2H3,(H,24,25)(H2,21,22,26). The minimum atomic E-state index is -0.746. The number of benzene rings is 1. The Labute approximate surface area is 155 Å². The van der Waals surface area contributed by atoms with Crippen molar-refractivity contribution in [3.05, 3.63) is 35.9 Å². The van der Waals surface area contributed by atoms with E-state index < -0.39 is 5.97 Å². The van der Waals surface area contributed by atoms with Crippen molar-refractivity contribution in [1.82, 2.24) is 10.6 Å². The Kier molecular flexibility index (Phi) is 7.03. The lowest BCUT2D eigenvalue weighted by molar-refractivity contribution is -0.142. The number of aliphatic hydroxyl groups excluding tert-OH is 1. The molecule has 1 unspecified atom stereocenters. The fourth-order valence-electron chi connectivity index (χ4n) is 3.56. The molecule has 0 heterocycles. The molecule has 1 aromatic rings. The van der Waals surface area contributed by atoms with Gasteiger partial charge in [-0.3, -0.25) is 4.79 Å². The van der Waals surface area contributed by atoms with Crippen molar-refractivity contribution in [1.29, 1.82) is 0 Å². The molecule has 26 heavy (non-hydrogen) atoms. The summed E-state index contributed by atoms with van der Waals surface area (Å²) in [5, 5.41) is 24.7. The number of aliphatic carboxylic acids is 1. The maximum Gasteiger partial charge on any atom is 0.315 e. The van der Waals surface area contributed by atoms with Gasteiger partial charge in [-0.15, -0.1) is 0 Å². The summed E-state index contributed by atoms with van der Waals surface area (Å²) in [7, 11) is 0. The van der Waals surface area contributed by atoms with Gasteiger partial charge in [-0.2, -0.15) is 0 Å². The molecule has 0 aromatic heterocycles. The van der Waals surface area contributed by atoms with Crippen LogP contribution in [0.2, 0.25) is 0 Å². The molecule has 2 amide bonds. The summed E-state index contributed by atoms with van der Waals surface area (Å²) in [4.78, 5) is 23.3. The summed E-state index contributed by atoms with van der Waals surface area (Å²) < 4.78 is 0. The Morgan fingerprint density at radius 1 is 1.15 bits per heavy atom. The van der Waals surface area contributed by atoms with Crippen molar-refractivity contribution in [3.8, 4) is 0 Å². The van der Waals surface area contributed by atoms with Crippen LogP contribution in [0.4, 0.5) is 4.79 Å². The zero-order valence-corrected chi connectivity index (χ0v) is 15.6. The van der Waals surface area contributed by atoms with E-state index in [1.807, 2.05) is 44.2 Å². The number of carboxylic acids is 1. The average molecular weight is 362 g/mol. The van der Waals surface area contributed by atoms with Crippen LogP contribution < -0.4 is 10.6 Å². The van der Waals surface area contributed by atoms with Crippen molar-refractivity contribution in [2.24, 2.45) is 11.3 Å². The highest BCUT2D eigenvalue weighted by molar-refractivity contribution is 5.74. The molecule has 0 bridgehead atoms. The van der Waals surface area contributed by atoms with E-state index in [2.05, 4.69) is 10.6 Å². The van der Waals surface area contributed by atoms with Gasteiger partial charge in [-0.25, -0.2) is 4.79 Å². The molecule has 1 aliphatic carbocycles. The predicted molar refractivity (Wildman–Crippen MR) is 100.0 cm³/mol. The van der Waals surface area contributed by atoms with Crippen molar-refractivity contribution >= 4 is 12.0 Å².